The highest BCUT2D eigenvalue weighted by atomic mass is 32.2. The molecule has 1 aromatic carbocycles. The van der Waals surface area contributed by atoms with Crippen molar-refractivity contribution >= 4 is 21.5 Å². The third-order valence-corrected chi connectivity index (χ3v) is 7.57. The number of phenolic OH excluding ortho intramolecular Hbond substituents is 1. The predicted molar refractivity (Wildman–Crippen MR) is 116 cm³/mol. The number of aromatic nitrogens is 1. The summed E-state index contributed by atoms with van der Waals surface area (Å²) in [7, 11) is -1.63. The maximum atomic E-state index is 12.5. The van der Waals surface area contributed by atoms with Gasteiger partial charge in [-0.1, -0.05) is 18.2 Å². The van der Waals surface area contributed by atoms with Crippen molar-refractivity contribution in [3.05, 3.63) is 71.1 Å². The van der Waals surface area contributed by atoms with Crippen molar-refractivity contribution in [2.24, 2.45) is 0 Å². The number of hydrogen-bond donors (Lipinski definition) is 1. The monoisotopic (exact) mass is 427 g/mol. The first-order valence-corrected chi connectivity index (χ1v) is 11.6. The minimum atomic E-state index is -3.21. The van der Waals surface area contributed by atoms with E-state index in [9.17, 15) is 13.5 Å². The van der Waals surface area contributed by atoms with E-state index in [0.29, 0.717) is 19.4 Å². The van der Waals surface area contributed by atoms with Gasteiger partial charge in [-0.05, 0) is 65.5 Å². The molecule has 6 nitrogen and oxygen atoms in total. The molecule has 0 saturated carbocycles. The van der Waals surface area contributed by atoms with Gasteiger partial charge in [0, 0.05) is 13.3 Å². The second kappa shape index (κ2) is 8.71. The Morgan fingerprint density at radius 3 is 2.90 bits per heavy atom. The fraction of sp³-hybridized carbons (Fsp3) is 0.348. The van der Waals surface area contributed by atoms with E-state index in [1.165, 1.54) is 0 Å². The van der Waals surface area contributed by atoms with Crippen LogP contribution in [0.5, 0.6) is 5.75 Å². The first kappa shape index (κ1) is 20.8. The Labute approximate surface area is 176 Å². The van der Waals surface area contributed by atoms with Crippen molar-refractivity contribution in [2.45, 2.75) is 24.2 Å². The molecule has 0 bridgehead atoms. The molecule has 2 atom stereocenters. The minimum Gasteiger partial charge on any atom is -0.508 e. The molecule has 1 N–H and O–H groups in total. The molecule has 2 aromatic rings. The van der Waals surface area contributed by atoms with Gasteiger partial charge >= 0.3 is 0 Å². The van der Waals surface area contributed by atoms with Gasteiger partial charge in [0.1, 0.15) is 11.0 Å². The molecule has 2 aliphatic rings. The van der Waals surface area contributed by atoms with Crippen LogP contribution in [0.4, 0.5) is 0 Å². The van der Waals surface area contributed by atoms with Crippen molar-refractivity contribution in [1.82, 2.24) is 4.98 Å². The van der Waals surface area contributed by atoms with Gasteiger partial charge in [0.25, 0.3) is 0 Å². The quantitative estimate of drug-likeness (QED) is 0.683. The summed E-state index contributed by atoms with van der Waals surface area (Å²) in [6.07, 6.45) is 4.82. The fourth-order valence-electron chi connectivity index (χ4n) is 4.24. The zero-order valence-electron chi connectivity index (χ0n) is 16.8. The van der Waals surface area contributed by atoms with Gasteiger partial charge in [-0.3, -0.25) is 4.98 Å². The van der Waals surface area contributed by atoms with Crippen LogP contribution < -0.4 is 0 Å². The Balaban J connectivity index is 1.60. The van der Waals surface area contributed by atoms with Crippen molar-refractivity contribution in [1.29, 1.82) is 0 Å². The van der Waals surface area contributed by atoms with E-state index in [-0.39, 0.29) is 24.2 Å². The fourth-order valence-corrected chi connectivity index (χ4v) is 6.17. The highest BCUT2D eigenvalue weighted by molar-refractivity contribution is 7.92. The number of fused-ring (bicyclic) bond motifs is 1. The Morgan fingerprint density at radius 1 is 1.30 bits per heavy atom. The van der Waals surface area contributed by atoms with Gasteiger partial charge < -0.3 is 14.6 Å². The topological polar surface area (TPSA) is 85.7 Å². The van der Waals surface area contributed by atoms with E-state index in [4.69, 9.17) is 9.47 Å². The molecule has 2 aliphatic heterocycles. The molecule has 1 aromatic heterocycles. The summed E-state index contributed by atoms with van der Waals surface area (Å²) in [6.45, 7) is 0.530. The van der Waals surface area contributed by atoms with Crippen LogP contribution in [-0.2, 0) is 19.3 Å². The molecule has 0 unspecified atom stereocenters. The van der Waals surface area contributed by atoms with E-state index in [2.05, 4.69) is 4.98 Å². The maximum absolute atomic E-state index is 12.5. The molecule has 0 aliphatic carbocycles. The number of rotatable bonds is 7. The maximum Gasteiger partial charge on any atom is 0.163 e. The minimum absolute atomic E-state index is 0.0624. The molecule has 0 spiro atoms. The van der Waals surface area contributed by atoms with Gasteiger partial charge in [-0.25, -0.2) is 8.42 Å². The van der Waals surface area contributed by atoms with Crippen molar-refractivity contribution in [3.8, 4) is 5.75 Å². The van der Waals surface area contributed by atoms with E-state index in [1.54, 1.807) is 31.5 Å². The molecular weight excluding hydrogens is 402 g/mol. The number of sulfone groups is 1. The zero-order chi connectivity index (χ0) is 21.1. The summed E-state index contributed by atoms with van der Waals surface area (Å²) in [6, 6.07) is 12.8. The van der Waals surface area contributed by atoms with Crippen LogP contribution in [0.15, 0.2) is 59.8 Å². The number of nitrogens with zero attached hydrogens (tertiary/aromatic N) is 1. The molecule has 30 heavy (non-hydrogen) atoms. The lowest BCUT2D eigenvalue weighted by Crippen LogP contribution is -2.19. The Hall–Kier alpha value is -2.48. The van der Waals surface area contributed by atoms with Crippen LogP contribution in [0.1, 0.15) is 24.1 Å². The smallest absolute Gasteiger partial charge is 0.163 e. The van der Waals surface area contributed by atoms with Gasteiger partial charge in [0.05, 0.1) is 30.8 Å². The summed E-state index contributed by atoms with van der Waals surface area (Å²) in [5, 5.41) is 9.25. The third kappa shape index (κ3) is 4.33. The van der Waals surface area contributed by atoms with Gasteiger partial charge in [0.2, 0.25) is 0 Å². The average molecular weight is 428 g/mol. The first-order valence-electron chi connectivity index (χ1n) is 9.93. The third-order valence-electron chi connectivity index (χ3n) is 5.56. The van der Waals surface area contributed by atoms with E-state index in [0.717, 1.165) is 28.0 Å². The molecule has 0 amide bonds. The molecule has 1 saturated heterocycles. The summed E-state index contributed by atoms with van der Waals surface area (Å²) < 4.78 is 36.1. The molecule has 7 heteroatoms. The number of hydrogen-bond acceptors (Lipinski definition) is 6. The van der Waals surface area contributed by atoms with Crippen LogP contribution in [0.25, 0.3) is 11.6 Å². The van der Waals surface area contributed by atoms with Gasteiger partial charge in [0.15, 0.2) is 9.84 Å². The lowest BCUT2D eigenvalue weighted by molar-refractivity contribution is 0.118. The standard InChI is InChI=1S/C23H25NO5S/c1-28-13-18-15-30(26,27)22-14-29-21(23(18)22)9-8-17(20-7-2-3-10-24-20)11-16-5-4-6-19(25)12-16/h2-7,10-12,21-22,25H,8-9,13-15H2,1H3/b17-11-/t21-,22+/m1/s1. The largest absolute Gasteiger partial charge is 0.508 e. The number of benzene rings is 1. The van der Waals surface area contributed by atoms with Crippen LogP contribution in [0, 0.1) is 0 Å². The highest BCUT2D eigenvalue weighted by Gasteiger charge is 2.46. The average Bonchev–Trinajstić information content (AvgIpc) is 3.26. The summed E-state index contributed by atoms with van der Waals surface area (Å²) >= 11 is 0. The number of pyridine rings is 1. The van der Waals surface area contributed by atoms with Crippen LogP contribution in [0.2, 0.25) is 0 Å². The number of allylic oxidation sites excluding steroid dienone is 1. The molecule has 3 heterocycles. The van der Waals surface area contributed by atoms with Crippen LogP contribution in [0.3, 0.4) is 0 Å². The van der Waals surface area contributed by atoms with Gasteiger partial charge in [-0.2, -0.15) is 0 Å². The Morgan fingerprint density at radius 2 is 2.17 bits per heavy atom. The lowest BCUT2D eigenvalue weighted by Gasteiger charge is -2.15. The van der Waals surface area contributed by atoms with Crippen molar-refractivity contribution < 1.29 is 23.0 Å². The summed E-state index contributed by atoms with van der Waals surface area (Å²) in [4.78, 5) is 4.48. The molecule has 1 fully saturated rings. The second-order valence-corrected chi connectivity index (χ2v) is 9.81. The number of methoxy groups -OCH3 is 1. The van der Waals surface area contributed by atoms with Crippen LogP contribution >= 0.6 is 0 Å². The highest BCUT2D eigenvalue weighted by Crippen LogP contribution is 2.39. The summed E-state index contributed by atoms with van der Waals surface area (Å²) in [5.74, 6) is 0.268. The van der Waals surface area contributed by atoms with E-state index < -0.39 is 15.1 Å². The normalized spacial score (nSPS) is 23.0. The van der Waals surface area contributed by atoms with Gasteiger partial charge in [-0.15, -0.1) is 0 Å². The number of ether oxygens (including phenoxy) is 2. The number of phenols is 1. The van der Waals surface area contributed by atoms with Crippen molar-refractivity contribution in [2.75, 3.05) is 26.1 Å². The molecule has 4 rings (SSSR count). The van der Waals surface area contributed by atoms with E-state index in [1.807, 2.05) is 30.3 Å². The predicted octanol–water partition coefficient (Wildman–Crippen LogP) is 3.25. The van der Waals surface area contributed by atoms with E-state index >= 15 is 0 Å². The Kier molecular flexibility index (Phi) is 6.04. The molecule has 0 radical (unpaired) electrons. The molecule has 158 valence electrons. The molecular formula is C23H25NO5S. The van der Waals surface area contributed by atoms with Crippen molar-refractivity contribution in [3.63, 3.8) is 0 Å². The lowest BCUT2D eigenvalue weighted by atomic mass is 9.95. The number of aromatic hydroxyl groups is 1. The second-order valence-electron chi connectivity index (χ2n) is 7.63. The SMILES string of the molecule is COCC1=C2[C@@H](CC/C(=C/c3cccc(O)c3)c3ccccn3)OC[C@@H]2S(=O)(=O)C1. The Bertz CT molecular complexity index is 1080. The first-order chi connectivity index (χ1) is 14.5. The summed E-state index contributed by atoms with van der Waals surface area (Å²) in [5.41, 5.74) is 4.45. The zero-order valence-corrected chi connectivity index (χ0v) is 17.6. The van der Waals surface area contributed by atoms with Crippen LogP contribution in [-0.4, -0.2) is 55.9 Å².